The molecule has 1 fully saturated rings. The molecule has 0 aliphatic carbocycles. The van der Waals surface area contributed by atoms with E-state index >= 15 is 0 Å². The molecule has 1 aliphatic rings. The molecule has 0 aromatic carbocycles. The third kappa shape index (κ3) is 3.01. The number of rotatable bonds is 4. The van der Waals surface area contributed by atoms with Gasteiger partial charge in [-0.2, -0.15) is 11.8 Å². The summed E-state index contributed by atoms with van der Waals surface area (Å²) in [6, 6.07) is 2.88. The number of halogens is 1. The van der Waals surface area contributed by atoms with Gasteiger partial charge in [-0.25, -0.2) is 0 Å². The van der Waals surface area contributed by atoms with Gasteiger partial charge in [-0.05, 0) is 35.3 Å². The molecular formula is C11H17BrN2S2. The number of nitrogens with one attached hydrogen (secondary N) is 1. The van der Waals surface area contributed by atoms with Crippen molar-refractivity contribution in [3.63, 3.8) is 0 Å². The molecule has 1 aliphatic heterocycles. The van der Waals surface area contributed by atoms with Crippen LogP contribution in [0.15, 0.2) is 15.9 Å². The molecule has 1 aromatic rings. The summed E-state index contributed by atoms with van der Waals surface area (Å²) >= 11 is 7.31. The van der Waals surface area contributed by atoms with E-state index in [0.29, 0.717) is 6.04 Å². The molecular weight excluding hydrogens is 304 g/mol. The van der Waals surface area contributed by atoms with Crippen LogP contribution in [0.5, 0.6) is 0 Å². The Morgan fingerprint density at radius 2 is 2.44 bits per heavy atom. The van der Waals surface area contributed by atoms with Crippen LogP contribution in [0.4, 0.5) is 0 Å². The molecule has 2 atom stereocenters. The summed E-state index contributed by atoms with van der Waals surface area (Å²) in [5.41, 5.74) is 0. The van der Waals surface area contributed by atoms with Crippen molar-refractivity contribution < 1.29 is 0 Å². The minimum Gasteiger partial charge on any atom is -0.314 e. The Morgan fingerprint density at radius 3 is 3.06 bits per heavy atom. The zero-order valence-electron chi connectivity index (χ0n) is 9.57. The number of thioether (sulfide) groups is 1. The van der Waals surface area contributed by atoms with Crippen LogP contribution in [-0.4, -0.2) is 42.6 Å². The van der Waals surface area contributed by atoms with E-state index < -0.39 is 0 Å². The summed E-state index contributed by atoms with van der Waals surface area (Å²) in [4.78, 5) is 3.90. The molecule has 0 bridgehead atoms. The standard InChI is InChI=1S/C11H17BrN2S2/c1-14(6-9-3-8(12)7-16-9)10-4-13-5-11(10)15-2/h3,7,10-11,13H,4-6H2,1-2H3. The van der Waals surface area contributed by atoms with Crippen molar-refractivity contribution in [2.24, 2.45) is 0 Å². The third-order valence-corrected chi connectivity index (χ3v) is 5.79. The topological polar surface area (TPSA) is 15.3 Å². The van der Waals surface area contributed by atoms with Gasteiger partial charge < -0.3 is 5.32 Å². The first-order chi connectivity index (χ1) is 7.70. The maximum atomic E-state index is 3.51. The van der Waals surface area contributed by atoms with Gasteiger partial charge in [0.1, 0.15) is 0 Å². The van der Waals surface area contributed by atoms with Crippen molar-refractivity contribution >= 4 is 39.0 Å². The summed E-state index contributed by atoms with van der Waals surface area (Å²) in [6.45, 7) is 3.32. The monoisotopic (exact) mass is 320 g/mol. The van der Waals surface area contributed by atoms with Crippen molar-refractivity contribution in [3.8, 4) is 0 Å². The minimum atomic E-state index is 0.663. The Morgan fingerprint density at radius 1 is 1.62 bits per heavy atom. The van der Waals surface area contributed by atoms with Crippen LogP contribution in [0.25, 0.3) is 0 Å². The second kappa shape index (κ2) is 5.87. The molecule has 16 heavy (non-hydrogen) atoms. The molecule has 1 N–H and O–H groups in total. The summed E-state index contributed by atoms with van der Waals surface area (Å²) in [5.74, 6) is 0. The van der Waals surface area contributed by atoms with Gasteiger partial charge in [-0.1, -0.05) is 0 Å². The first kappa shape index (κ1) is 12.9. The van der Waals surface area contributed by atoms with Gasteiger partial charge in [0, 0.05) is 45.7 Å². The van der Waals surface area contributed by atoms with Gasteiger partial charge in [0.05, 0.1) is 0 Å². The van der Waals surface area contributed by atoms with E-state index in [1.165, 1.54) is 9.35 Å². The van der Waals surface area contributed by atoms with Gasteiger partial charge in [0.2, 0.25) is 0 Å². The molecule has 1 saturated heterocycles. The SMILES string of the molecule is CSC1CNCC1N(C)Cc1cc(Br)cs1. The first-order valence-electron chi connectivity index (χ1n) is 5.37. The highest BCUT2D eigenvalue weighted by Crippen LogP contribution is 2.24. The van der Waals surface area contributed by atoms with Gasteiger partial charge in [0.15, 0.2) is 0 Å². The van der Waals surface area contributed by atoms with Crippen LogP contribution in [-0.2, 0) is 6.54 Å². The Balaban J connectivity index is 1.94. The predicted octanol–water partition coefficient (Wildman–Crippen LogP) is 2.65. The Hall–Kier alpha value is 0.450. The van der Waals surface area contributed by atoms with Gasteiger partial charge in [-0.3, -0.25) is 4.90 Å². The number of likely N-dealkylation sites (N-methyl/N-ethyl adjacent to an activating group) is 1. The second-order valence-electron chi connectivity index (χ2n) is 4.15. The van der Waals surface area contributed by atoms with E-state index in [1.807, 2.05) is 23.1 Å². The number of hydrogen-bond donors (Lipinski definition) is 1. The van der Waals surface area contributed by atoms with Crippen molar-refractivity contribution in [2.45, 2.75) is 17.8 Å². The van der Waals surface area contributed by atoms with Crippen molar-refractivity contribution in [3.05, 3.63) is 20.8 Å². The Bertz CT molecular complexity index is 342. The maximum Gasteiger partial charge on any atom is 0.0352 e. The summed E-state index contributed by atoms with van der Waals surface area (Å²) in [5, 5.41) is 6.36. The molecule has 2 nitrogen and oxygen atoms in total. The zero-order valence-corrected chi connectivity index (χ0v) is 12.8. The highest BCUT2D eigenvalue weighted by atomic mass is 79.9. The van der Waals surface area contributed by atoms with Crippen LogP contribution in [0, 0.1) is 0 Å². The van der Waals surface area contributed by atoms with Crippen LogP contribution >= 0.6 is 39.0 Å². The lowest BCUT2D eigenvalue weighted by atomic mass is 10.2. The fourth-order valence-electron chi connectivity index (χ4n) is 2.12. The summed E-state index contributed by atoms with van der Waals surface area (Å²) in [7, 11) is 2.23. The van der Waals surface area contributed by atoms with Crippen LogP contribution in [0.1, 0.15) is 4.88 Å². The fraction of sp³-hybridized carbons (Fsp3) is 0.636. The van der Waals surface area contributed by atoms with Crippen molar-refractivity contribution in [1.82, 2.24) is 10.2 Å². The lowest BCUT2D eigenvalue weighted by Gasteiger charge is -2.27. The molecule has 0 spiro atoms. The van der Waals surface area contributed by atoms with Crippen LogP contribution < -0.4 is 5.32 Å². The number of nitrogens with zero attached hydrogens (tertiary/aromatic N) is 1. The number of thiophene rings is 1. The molecule has 5 heteroatoms. The molecule has 1 aromatic heterocycles. The minimum absolute atomic E-state index is 0.663. The fourth-order valence-corrected chi connectivity index (χ4v) is 4.54. The van der Waals surface area contributed by atoms with Gasteiger partial charge in [0.25, 0.3) is 0 Å². The normalized spacial score (nSPS) is 25.5. The van der Waals surface area contributed by atoms with Crippen LogP contribution in [0.2, 0.25) is 0 Å². The first-order valence-corrected chi connectivity index (χ1v) is 8.33. The van der Waals surface area contributed by atoms with Crippen LogP contribution in [0.3, 0.4) is 0 Å². The van der Waals surface area contributed by atoms with Gasteiger partial charge in [-0.15, -0.1) is 11.3 Å². The van der Waals surface area contributed by atoms with E-state index in [4.69, 9.17) is 0 Å². The predicted molar refractivity (Wildman–Crippen MR) is 77.4 cm³/mol. The molecule has 0 radical (unpaired) electrons. The largest absolute Gasteiger partial charge is 0.314 e. The molecule has 0 amide bonds. The maximum absolute atomic E-state index is 3.51. The lowest BCUT2D eigenvalue weighted by Crippen LogP contribution is -2.38. The van der Waals surface area contributed by atoms with E-state index in [2.05, 4.69) is 50.9 Å². The summed E-state index contributed by atoms with van der Waals surface area (Å²) in [6.07, 6.45) is 2.21. The molecule has 2 unspecified atom stereocenters. The Labute approximate surface area is 114 Å². The third-order valence-electron chi connectivity index (χ3n) is 3.02. The molecule has 2 rings (SSSR count). The van der Waals surface area contributed by atoms with E-state index in [9.17, 15) is 0 Å². The molecule has 0 saturated carbocycles. The highest BCUT2D eigenvalue weighted by molar-refractivity contribution is 9.10. The van der Waals surface area contributed by atoms with Crippen molar-refractivity contribution in [1.29, 1.82) is 0 Å². The Kier molecular flexibility index (Phi) is 4.73. The quantitative estimate of drug-likeness (QED) is 0.918. The number of hydrogen-bond acceptors (Lipinski definition) is 4. The smallest absolute Gasteiger partial charge is 0.0352 e. The van der Waals surface area contributed by atoms with E-state index in [-0.39, 0.29) is 0 Å². The van der Waals surface area contributed by atoms with Gasteiger partial charge >= 0.3 is 0 Å². The average Bonchev–Trinajstić information content (AvgIpc) is 2.86. The molecule has 2 heterocycles. The van der Waals surface area contributed by atoms with E-state index in [1.54, 1.807) is 0 Å². The molecule has 90 valence electrons. The average molecular weight is 321 g/mol. The highest BCUT2D eigenvalue weighted by Gasteiger charge is 2.29. The van der Waals surface area contributed by atoms with Crippen molar-refractivity contribution in [2.75, 3.05) is 26.4 Å². The zero-order chi connectivity index (χ0) is 11.5. The summed E-state index contributed by atoms with van der Waals surface area (Å²) < 4.78 is 1.20. The second-order valence-corrected chi connectivity index (χ2v) is 7.13. The lowest BCUT2D eigenvalue weighted by molar-refractivity contribution is 0.255. The van der Waals surface area contributed by atoms with E-state index in [0.717, 1.165) is 24.9 Å².